The minimum atomic E-state index is 0.215. The zero-order valence-electron chi connectivity index (χ0n) is 8.54. The van der Waals surface area contributed by atoms with Gasteiger partial charge < -0.3 is 5.32 Å². The van der Waals surface area contributed by atoms with Crippen LogP contribution in [0.3, 0.4) is 0 Å². The molecule has 1 rings (SSSR count). The third-order valence-electron chi connectivity index (χ3n) is 1.85. The first-order valence-electron chi connectivity index (χ1n) is 4.30. The number of halogens is 1. The summed E-state index contributed by atoms with van der Waals surface area (Å²) in [5, 5.41) is 3.22. The van der Waals surface area contributed by atoms with Gasteiger partial charge in [-0.2, -0.15) is 11.8 Å². The molecule has 1 heterocycles. The van der Waals surface area contributed by atoms with Crippen molar-refractivity contribution in [2.75, 3.05) is 18.1 Å². The Labute approximate surface area is 103 Å². The van der Waals surface area contributed by atoms with Crippen LogP contribution in [0, 0.1) is 3.57 Å². The number of aromatic nitrogens is 2. The molecule has 0 atom stereocenters. The van der Waals surface area contributed by atoms with E-state index in [1.807, 2.05) is 24.2 Å². The summed E-state index contributed by atoms with van der Waals surface area (Å²) in [5.74, 6) is 0.701. The van der Waals surface area contributed by atoms with Crippen molar-refractivity contribution in [3.05, 3.63) is 16.0 Å². The van der Waals surface area contributed by atoms with Crippen LogP contribution in [-0.2, 0) is 0 Å². The van der Waals surface area contributed by atoms with Crippen molar-refractivity contribution in [2.24, 2.45) is 0 Å². The van der Waals surface area contributed by atoms with Gasteiger partial charge in [0, 0.05) is 27.3 Å². The van der Waals surface area contributed by atoms with Crippen LogP contribution in [0.25, 0.3) is 0 Å². The molecule has 0 aliphatic carbocycles. The Kier molecular flexibility index (Phi) is 4.43. The number of anilines is 1. The summed E-state index contributed by atoms with van der Waals surface area (Å²) in [6.07, 6.45) is 5.72. The summed E-state index contributed by atoms with van der Waals surface area (Å²) in [5.41, 5.74) is 0. The maximum atomic E-state index is 4.18. The molecule has 78 valence electrons. The van der Waals surface area contributed by atoms with Gasteiger partial charge in [0.2, 0.25) is 5.95 Å². The highest BCUT2D eigenvalue weighted by molar-refractivity contribution is 14.1. The van der Waals surface area contributed by atoms with Crippen LogP contribution in [0.15, 0.2) is 12.4 Å². The fourth-order valence-electron chi connectivity index (χ4n) is 0.768. The molecule has 0 unspecified atom stereocenters. The molecular weight excluding hydrogens is 309 g/mol. The molecule has 0 amide bonds. The smallest absolute Gasteiger partial charge is 0.222 e. The van der Waals surface area contributed by atoms with E-state index >= 15 is 0 Å². The van der Waals surface area contributed by atoms with Crippen molar-refractivity contribution >= 4 is 40.3 Å². The van der Waals surface area contributed by atoms with Crippen LogP contribution in [0.2, 0.25) is 0 Å². The summed E-state index contributed by atoms with van der Waals surface area (Å²) < 4.78 is 1.27. The molecule has 0 radical (unpaired) electrons. The van der Waals surface area contributed by atoms with Gasteiger partial charge in [-0.1, -0.05) is 0 Å². The molecule has 0 fully saturated rings. The van der Waals surface area contributed by atoms with E-state index in [-0.39, 0.29) is 4.75 Å². The molecule has 14 heavy (non-hydrogen) atoms. The Morgan fingerprint density at radius 2 is 2.00 bits per heavy atom. The number of rotatable bonds is 4. The monoisotopic (exact) mass is 323 g/mol. The first-order chi connectivity index (χ1) is 6.53. The summed E-state index contributed by atoms with van der Waals surface area (Å²) in [7, 11) is 0. The zero-order valence-corrected chi connectivity index (χ0v) is 11.5. The van der Waals surface area contributed by atoms with Crippen LogP contribution in [0.1, 0.15) is 13.8 Å². The Bertz CT molecular complexity index is 287. The lowest BCUT2D eigenvalue weighted by Gasteiger charge is -2.21. The molecule has 3 nitrogen and oxygen atoms in total. The summed E-state index contributed by atoms with van der Waals surface area (Å²) in [6, 6.07) is 0. The van der Waals surface area contributed by atoms with E-state index in [1.165, 1.54) is 0 Å². The van der Waals surface area contributed by atoms with Crippen molar-refractivity contribution in [1.82, 2.24) is 9.97 Å². The standard InChI is InChI=1S/C9H14IN3S/c1-9(2,14-3)6-13-8-11-4-7(10)5-12-8/h4-5H,6H2,1-3H3,(H,11,12,13). The van der Waals surface area contributed by atoms with Crippen molar-refractivity contribution in [2.45, 2.75) is 18.6 Å². The Morgan fingerprint density at radius 1 is 1.43 bits per heavy atom. The third kappa shape index (κ3) is 4.00. The molecule has 1 aromatic heterocycles. The Balaban J connectivity index is 2.50. The summed E-state index contributed by atoms with van der Waals surface area (Å²) in [6.45, 7) is 5.25. The van der Waals surface area contributed by atoms with Crippen LogP contribution in [-0.4, -0.2) is 27.5 Å². The highest BCUT2D eigenvalue weighted by Gasteiger charge is 2.15. The van der Waals surface area contributed by atoms with Gasteiger partial charge in [-0.05, 0) is 42.7 Å². The number of nitrogens with zero attached hydrogens (tertiary/aromatic N) is 2. The normalized spacial score (nSPS) is 11.4. The number of hydrogen-bond donors (Lipinski definition) is 1. The first kappa shape index (κ1) is 12.0. The second-order valence-corrected chi connectivity index (χ2v) is 6.30. The Morgan fingerprint density at radius 3 is 2.50 bits per heavy atom. The largest absolute Gasteiger partial charge is 0.353 e. The lowest BCUT2D eigenvalue weighted by Crippen LogP contribution is -2.26. The SMILES string of the molecule is CSC(C)(C)CNc1ncc(I)cn1. The fraction of sp³-hybridized carbons (Fsp3) is 0.556. The van der Waals surface area contributed by atoms with E-state index in [0.717, 1.165) is 10.1 Å². The fourth-order valence-corrected chi connectivity index (χ4v) is 1.26. The lowest BCUT2D eigenvalue weighted by atomic mass is 10.2. The predicted molar refractivity (Wildman–Crippen MR) is 70.8 cm³/mol. The molecule has 0 bridgehead atoms. The van der Waals surface area contributed by atoms with E-state index < -0.39 is 0 Å². The summed E-state index contributed by atoms with van der Waals surface area (Å²) in [4.78, 5) is 8.35. The van der Waals surface area contributed by atoms with Crippen LogP contribution < -0.4 is 5.32 Å². The van der Waals surface area contributed by atoms with Crippen molar-refractivity contribution in [1.29, 1.82) is 0 Å². The minimum Gasteiger partial charge on any atom is -0.353 e. The first-order valence-corrected chi connectivity index (χ1v) is 6.60. The molecule has 1 aromatic rings. The summed E-state index contributed by atoms with van der Waals surface area (Å²) >= 11 is 4.02. The number of thioether (sulfide) groups is 1. The molecule has 0 aliphatic heterocycles. The quantitative estimate of drug-likeness (QED) is 0.865. The van der Waals surface area contributed by atoms with E-state index in [0.29, 0.717) is 5.95 Å². The average Bonchev–Trinajstić information content (AvgIpc) is 2.17. The second-order valence-electron chi connectivity index (χ2n) is 3.54. The molecule has 0 saturated heterocycles. The highest BCUT2D eigenvalue weighted by atomic mass is 127. The zero-order chi connectivity index (χ0) is 10.6. The second kappa shape index (κ2) is 5.16. The van der Waals surface area contributed by atoms with Gasteiger partial charge in [0.25, 0.3) is 0 Å². The molecule has 0 saturated carbocycles. The van der Waals surface area contributed by atoms with E-state index in [9.17, 15) is 0 Å². The van der Waals surface area contributed by atoms with E-state index in [4.69, 9.17) is 0 Å². The van der Waals surface area contributed by atoms with Gasteiger partial charge >= 0.3 is 0 Å². The van der Waals surface area contributed by atoms with Gasteiger partial charge in [0.05, 0.1) is 0 Å². The van der Waals surface area contributed by atoms with Crippen molar-refractivity contribution in [3.8, 4) is 0 Å². The maximum Gasteiger partial charge on any atom is 0.222 e. The average molecular weight is 323 g/mol. The topological polar surface area (TPSA) is 37.8 Å². The predicted octanol–water partition coefficient (Wildman–Crippen LogP) is 2.63. The molecule has 0 spiro atoms. The molecule has 0 aromatic carbocycles. The Hall–Kier alpha value is -0.0400. The molecule has 0 aliphatic rings. The third-order valence-corrected chi connectivity index (χ3v) is 3.65. The van der Waals surface area contributed by atoms with Gasteiger partial charge in [-0.3, -0.25) is 0 Å². The number of nitrogens with one attached hydrogen (secondary N) is 1. The minimum absolute atomic E-state index is 0.215. The van der Waals surface area contributed by atoms with Crippen molar-refractivity contribution < 1.29 is 0 Å². The van der Waals surface area contributed by atoms with Gasteiger partial charge in [0.15, 0.2) is 0 Å². The number of hydrogen-bond acceptors (Lipinski definition) is 4. The van der Waals surface area contributed by atoms with E-state index in [2.05, 4.69) is 58.0 Å². The molecule has 5 heteroatoms. The van der Waals surface area contributed by atoms with E-state index in [1.54, 1.807) is 0 Å². The van der Waals surface area contributed by atoms with Crippen LogP contribution in [0.5, 0.6) is 0 Å². The maximum absolute atomic E-state index is 4.18. The highest BCUT2D eigenvalue weighted by Crippen LogP contribution is 2.20. The molecule has 1 N–H and O–H groups in total. The lowest BCUT2D eigenvalue weighted by molar-refractivity contribution is 0.746. The van der Waals surface area contributed by atoms with Crippen molar-refractivity contribution in [3.63, 3.8) is 0 Å². The van der Waals surface area contributed by atoms with Crippen LogP contribution in [0.4, 0.5) is 5.95 Å². The molecular formula is C9H14IN3S. The van der Waals surface area contributed by atoms with Gasteiger partial charge in [-0.25, -0.2) is 9.97 Å². The van der Waals surface area contributed by atoms with Gasteiger partial charge in [-0.15, -0.1) is 0 Å². The van der Waals surface area contributed by atoms with Gasteiger partial charge in [0.1, 0.15) is 0 Å². The van der Waals surface area contributed by atoms with Crippen LogP contribution >= 0.6 is 34.4 Å².